The molecule has 1 aliphatic heterocycles. The molecule has 2 aliphatic rings. The van der Waals surface area contributed by atoms with Crippen LogP contribution in [0.3, 0.4) is 0 Å². The molecular formula is C24H25FN2OS. The Hall–Kier alpha value is -2.11. The Bertz CT molecular complexity index is 1080. The lowest BCUT2D eigenvalue weighted by Gasteiger charge is -2.27. The topological polar surface area (TPSA) is 25.2 Å². The van der Waals surface area contributed by atoms with E-state index in [9.17, 15) is 9.18 Å². The highest BCUT2D eigenvalue weighted by atomic mass is 32.2. The number of halogens is 1. The summed E-state index contributed by atoms with van der Waals surface area (Å²) in [6.45, 7) is 2.38. The van der Waals surface area contributed by atoms with Gasteiger partial charge in [-0.2, -0.15) is 0 Å². The molecule has 0 radical (unpaired) electrons. The SMILES string of the molecule is O=c1c(CN2C[C@H]3CC[C@@H]2C3)cc2ccc(F)cc2n1CCSc1ccccc1. The van der Waals surface area contributed by atoms with E-state index in [1.807, 2.05) is 24.3 Å². The Balaban J connectivity index is 1.44. The lowest BCUT2D eigenvalue weighted by molar-refractivity contribution is 0.204. The van der Waals surface area contributed by atoms with Crippen LogP contribution in [-0.2, 0) is 13.1 Å². The molecule has 1 saturated carbocycles. The van der Waals surface area contributed by atoms with Crippen LogP contribution in [0.15, 0.2) is 64.3 Å². The summed E-state index contributed by atoms with van der Waals surface area (Å²) < 4.78 is 15.7. The molecule has 0 N–H and O–H groups in total. The number of rotatable bonds is 6. The van der Waals surface area contributed by atoms with Crippen molar-refractivity contribution in [1.82, 2.24) is 9.47 Å². The van der Waals surface area contributed by atoms with Crippen molar-refractivity contribution < 1.29 is 4.39 Å². The van der Waals surface area contributed by atoms with Gasteiger partial charge in [0, 0.05) is 41.9 Å². The van der Waals surface area contributed by atoms with Crippen LogP contribution < -0.4 is 5.56 Å². The molecule has 29 heavy (non-hydrogen) atoms. The average molecular weight is 409 g/mol. The van der Waals surface area contributed by atoms with Crippen LogP contribution in [0.4, 0.5) is 4.39 Å². The van der Waals surface area contributed by atoms with Crippen molar-refractivity contribution in [3.63, 3.8) is 0 Å². The second-order valence-electron chi connectivity index (χ2n) is 8.25. The van der Waals surface area contributed by atoms with Crippen LogP contribution in [0.2, 0.25) is 0 Å². The van der Waals surface area contributed by atoms with E-state index in [0.717, 1.165) is 29.2 Å². The summed E-state index contributed by atoms with van der Waals surface area (Å²) in [5.74, 6) is 1.28. The first-order valence-electron chi connectivity index (χ1n) is 10.4. The van der Waals surface area contributed by atoms with Gasteiger partial charge in [0.2, 0.25) is 0 Å². The Morgan fingerprint density at radius 2 is 1.93 bits per heavy atom. The van der Waals surface area contributed by atoms with Crippen molar-refractivity contribution >= 4 is 22.7 Å². The van der Waals surface area contributed by atoms with Crippen molar-refractivity contribution in [2.75, 3.05) is 12.3 Å². The predicted molar refractivity (Wildman–Crippen MR) is 117 cm³/mol. The summed E-state index contributed by atoms with van der Waals surface area (Å²) >= 11 is 1.72. The first-order valence-corrected chi connectivity index (χ1v) is 11.4. The van der Waals surface area contributed by atoms with Crippen LogP contribution >= 0.6 is 11.8 Å². The highest BCUT2D eigenvalue weighted by Crippen LogP contribution is 2.38. The van der Waals surface area contributed by atoms with Crippen LogP contribution in [-0.4, -0.2) is 27.8 Å². The number of fused-ring (bicyclic) bond motifs is 3. The van der Waals surface area contributed by atoms with Gasteiger partial charge in [-0.3, -0.25) is 9.69 Å². The zero-order valence-corrected chi connectivity index (χ0v) is 17.2. The molecule has 0 unspecified atom stereocenters. The van der Waals surface area contributed by atoms with Gasteiger partial charge in [0.1, 0.15) is 5.82 Å². The summed E-state index contributed by atoms with van der Waals surface area (Å²) in [5, 5.41) is 0.940. The maximum Gasteiger partial charge on any atom is 0.255 e. The molecule has 5 heteroatoms. The molecule has 2 fully saturated rings. The minimum Gasteiger partial charge on any atom is -0.307 e. The average Bonchev–Trinajstić information content (AvgIpc) is 3.35. The Labute approximate surface area is 174 Å². The third-order valence-corrected chi connectivity index (χ3v) is 7.35. The molecule has 1 saturated heterocycles. The van der Waals surface area contributed by atoms with Crippen LogP contribution in [0.5, 0.6) is 0 Å². The van der Waals surface area contributed by atoms with Gasteiger partial charge < -0.3 is 4.57 Å². The van der Waals surface area contributed by atoms with Gasteiger partial charge >= 0.3 is 0 Å². The zero-order valence-electron chi connectivity index (χ0n) is 16.4. The smallest absolute Gasteiger partial charge is 0.255 e. The quantitative estimate of drug-likeness (QED) is 0.542. The lowest BCUT2D eigenvalue weighted by Crippen LogP contribution is -2.35. The van der Waals surface area contributed by atoms with Gasteiger partial charge in [-0.25, -0.2) is 4.39 Å². The summed E-state index contributed by atoms with van der Waals surface area (Å²) in [4.78, 5) is 17.0. The number of aromatic nitrogens is 1. The molecule has 0 amide bonds. The van der Waals surface area contributed by atoms with Crippen LogP contribution in [0, 0.1) is 11.7 Å². The van der Waals surface area contributed by atoms with E-state index in [-0.39, 0.29) is 11.4 Å². The van der Waals surface area contributed by atoms with Gasteiger partial charge in [0.25, 0.3) is 5.56 Å². The molecule has 3 nitrogen and oxygen atoms in total. The third kappa shape index (κ3) is 3.86. The molecule has 2 atom stereocenters. The normalized spacial score (nSPS) is 21.3. The predicted octanol–water partition coefficient (Wildman–Crippen LogP) is 4.92. The fraction of sp³-hybridized carbons (Fsp3) is 0.375. The maximum absolute atomic E-state index is 13.9. The van der Waals surface area contributed by atoms with E-state index in [1.54, 1.807) is 22.4 Å². The Kier molecular flexibility index (Phi) is 5.18. The molecule has 0 spiro atoms. The van der Waals surface area contributed by atoms with Crippen molar-refractivity contribution in [2.45, 2.75) is 43.3 Å². The molecule has 1 aliphatic carbocycles. The minimum absolute atomic E-state index is 0.0273. The Morgan fingerprint density at radius 3 is 2.69 bits per heavy atom. The molecule has 2 bridgehead atoms. The Morgan fingerprint density at radius 1 is 1.07 bits per heavy atom. The second-order valence-corrected chi connectivity index (χ2v) is 9.42. The van der Waals surface area contributed by atoms with E-state index in [1.165, 1.54) is 36.3 Å². The summed E-state index contributed by atoms with van der Waals surface area (Å²) in [5.41, 5.74) is 1.55. The number of aryl methyl sites for hydroxylation is 1. The number of pyridine rings is 1. The highest BCUT2D eigenvalue weighted by Gasteiger charge is 2.37. The van der Waals surface area contributed by atoms with E-state index < -0.39 is 0 Å². The summed E-state index contributed by atoms with van der Waals surface area (Å²) in [7, 11) is 0. The van der Waals surface area contributed by atoms with Gasteiger partial charge in [-0.05, 0) is 67.0 Å². The molecular weight excluding hydrogens is 383 g/mol. The van der Waals surface area contributed by atoms with Gasteiger partial charge in [0.15, 0.2) is 0 Å². The summed E-state index contributed by atoms with van der Waals surface area (Å²) in [6, 6.07) is 17.6. The van der Waals surface area contributed by atoms with Gasteiger partial charge in [0.05, 0.1) is 5.52 Å². The number of benzene rings is 2. The number of thioether (sulfide) groups is 1. The van der Waals surface area contributed by atoms with Crippen molar-refractivity contribution in [1.29, 1.82) is 0 Å². The standard InChI is InChI=1S/C24H25FN2OS/c25-20-8-7-18-13-19(16-26-15-17-6-9-21(26)12-17)24(28)27(23(18)14-20)10-11-29-22-4-2-1-3-5-22/h1-5,7-8,13-14,17,21H,6,9-12,15-16H2/t17-,21+/m0/s1. The number of likely N-dealkylation sites (tertiary alicyclic amines) is 1. The van der Waals surface area contributed by atoms with Crippen molar-refractivity contribution in [2.24, 2.45) is 5.92 Å². The van der Waals surface area contributed by atoms with Crippen molar-refractivity contribution in [3.05, 3.63) is 76.3 Å². The fourth-order valence-corrected chi connectivity index (χ4v) is 5.81. The molecule has 150 valence electrons. The summed E-state index contributed by atoms with van der Waals surface area (Å²) in [6.07, 6.45) is 3.87. The van der Waals surface area contributed by atoms with E-state index in [4.69, 9.17) is 0 Å². The number of nitrogens with zero attached hydrogens (tertiary/aromatic N) is 2. The van der Waals surface area contributed by atoms with E-state index in [2.05, 4.69) is 17.0 Å². The minimum atomic E-state index is -0.300. The van der Waals surface area contributed by atoms with E-state index >= 15 is 0 Å². The lowest BCUT2D eigenvalue weighted by atomic mass is 10.1. The number of piperidine rings is 1. The number of hydrogen-bond acceptors (Lipinski definition) is 3. The van der Waals surface area contributed by atoms with E-state index in [0.29, 0.717) is 24.6 Å². The molecule has 3 aromatic rings. The first kappa shape index (κ1) is 18.9. The largest absolute Gasteiger partial charge is 0.307 e. The highest BCUT2D eigenvalue weighted by molar-refractivity contribution is 7.99. The molecule has 2 heterocycles. The fourth-order valence-electron chi connectivity index (χ4n) is 4.95. The van der Waals surface area contributed by atoms with Crippen molar-refractivity contribution in [3.8, 4) is 0 Å². The van der Waals surface area contributed by atoms with Crippen LogP contribution in [0.25, 0.3) is 10.9 Å². The van der Waals surface area contributed by atoms with Crippen LogP contribution in [0.1, 0.15) is 24.8 Å². The molecule has 2 aromatic carbocycles. The maximum atomic E-state index is 13.9. The van der Waals surface area contributed by atoms with Gasteiger partial charge in [-0.15, -0.1) is 11.8 Å². The van der Waals surface area contributed by atoms with Gasteiger partial charge in [-0.1, -0.05) is 18.2 Å². The molecule has 1 aromatic heterocycles. The third-order valence-electron chi connectivity index (χ3n) is 6.36. The zero-order chi connectivity index (χ0) is 19.8. The monoisotopic (exact) mass is 408 g/mol. The number of hydrogen-bond donors (Lipinski definition) is 0. The molecule has 5 rings (SSSR count). The second kappa shape index (κ2) is 7.96. The first-order chi connectivity index (χ1) is 14.2.